The van der Waals surface area contributed by atoms with E-state index in [4.69, 9.17) is 14.2 Å². The van der Waals surface area contributed by atoms with Gasteiger partial charge in [0.1, 0.15) is 11.5 Å². The van der Waals surface area contributed by atoms with E-state index in [1.807, 2.05) is 0 Å². The average Bonchev–Trinajstić information content (AvgIpc) is 2.88. The number of sulfone groups is 1. The van der Waals surface area contributed by atoms with Crippen molar-refractivity contribution in [3.8, 4) is 17.2 Å². The average molecular weight is 543 g/mol. The molecule has 0 saturated carbocycles. The minimum absolute atomic E-state index is 0.0262. The van der Waals surface area contributed by atoms with Gasteiger partial charge in [0, 0.05) is 11.0 Å². The van der Waals surface area contributed by atoms with E-state index in [0.717, 1.165) is 11.8 Å². The fraction of sp³-hybridized carbons (Fsp3) is 0.160. The molecule has 1 aliphatic heterocycles. The van der Waals surface area contributed by atoms with Crippen molar-refractivity contribution in [2.45, 2.75) is 15.5 Å². The molecule has 1 N–H and O–H groups in total. The van der Waals surface area contributed by atoms with Gasteiger partial charge < -0.3 is 19.5 Å². The van der Waals surface area contributed by atoms with Crippen LogP contribution in [0.4, 0.5) is 11.4 Å². The summed E-state index contributed by atoms with van der Waals surface area (Å²) in [4.78, 5) is 24.5. The number of anilines is 1. The standard InChI is InChI=1S/C25H22N2O8S2/c1-33-20-5-4-6-21(34-2)17(20)14-37(31,32)16-8-10-23-18(13-16)26-25(28)24(36-23)12-15-7-9-22(35-3)19(11-15)27(29)30/h4-13H,14H2,1-3H3,(H,26,28)/b24-12+. The van der Waals surface area contributed by atoms with Crippen LogP contribution in [-0.2, 0) is 20.4 Å². The Morgan fingerprint density at radius 3 is 2.27 bits per heavy atom. The van der Waals surface area contributed by atoms with Crippen molar-refractivity contribution >= 4 is 45.0 Å². The van der Waals surface area contributed by atoms with Gasteiger partial charge in [-0.15, -0.1) is 0 Å². The van der Waals surface area contributed by atoms with Crippen LogP contribution >= 0.6 is 11.8 Å². The SMILES string of the molecule is COc1ccc(/C=C2/Sc3ccc(S(=O)(=O)Cc4c(OC)cccc4OC)cc3NC2=O)cc1[N+](=O)[O-]. The number of thioether (sulfide) groups is 1. The maximum absolute atomic E-state index is 13.2. The Bertz CT molecular complexity index is 1510. The lowest BCUT2D eigenvalue weighted by molar-refractivity contribution is -0.385. The molecule has 0 atom stereocenters. The molecule has 0 bridgehead atoms. The van der Waals surface area contributed by atoms with E-state index < -0.39 is 20.7 Å². The van der Waals surface area contributed by atoms with Crippen LogP contribution in [0.25, 0.3) is 6.08 Å². The molecule has 1 aliphatic rings. The normalized spacial score (nSPS) is 14.0. The van der Waals surface area contributed by atoms with E-state index in [1.54, 1.807) is 30.3 Å². The number of hydrogen-bond acceptors (Lipinski definition) is 9. The molecule has 4 rings (SSSR count). The number of methoxy groups -OCH3 is 3. The molecule has 1 amide bonds. The molecular formula is C25H22N2O8S2. The summed E-state index contributed by atoms with van der Waals surface area (Å²) in [5, 5.41) is 14.0. The van der Waals surface area contributed by atoms with Crippen LogP contribution in [0.1, 0.15) is 11.1 Å². The molecule has 3 aromatic carbocycles. The number of nitro groups is 1. The van der Waals surface area contributed by atoms with Crippen LogP contribution in [0.3, 0.4) is 0 Å². The number of ether oxygens (including phenoxy) is 3. The van der Waals surface area contributed by atoms with Crippen molar-refractivity contribution in [3.05, 3.63) is 80.7 Å². The summed E-state index contributed by atoms with van der Waals surface area (Å²) >= 11 is 1.13. The predicted molar refractivity (Wildman–Crippen MR) is 139 cm³/mol. The van der Waals surface area contributed by atoms with Crippen LogP contribution in [-0.4, -0.2) is 40.6 Å². The van der Waals surface area contributed by atoms with E-state index >= 15 is 0 Å². The zero-order valence-electron chi connectivity index (χ0n) is 20.0. The minimum atomic E-state index is -3.82. The first-order valence-corrected chi connectivity index (χ1v) is 13.2. The molecule has 0 aliphatic carbocycles. The topological polar surface area (TPSA) is 134 Å². The number of amides is 1. The molecule has 0 aromatic heterocycles. The summed E-state index contributed by atoms with van der Waals surface area (Å²) in [6.45, 7) is 0. The summed E-state index contributed by atoms with van der Waals surface area (Å²) in [6.07, 6.45) is 1.52. The molecule has 0 radical (unpaired) electrons. The quantitative estimate of drug-likeness (QED) is 0.245. The monoisotopic (exact) mass is 542 g/mol. The third kappa shape index (κ3) is 5.39. The van der Waals surface area contributed by atoms with Crippen molar-refractivity contribution in [1.29, 1.82) is 0 Å². The first-order valence-electron chi connectivity index (χ1n) is 10.8. The second-order valence-corrected chi connectivity index (χ2v) is 10.9. The molecule has 10 nitrogen and oxygen atoms in total. The van der Waals surface area contributed by atoms with E-state index in [0.29, 0.717) is 38.1 Å². The highest BCUT2D eigenvalue weighted by atomic mass is 32.2. The van der Waals surface area contributed by atoms with Gasteiger partial charge in [-0.2, -0.15) is 0 Å². The van der Waals surface area contributed by atoms with Crippen LogP contribution in [0, 0.1) is 10.1 Å². The van der Waals surface area contributed by atoms with E-state index in [2.05, 4.69) is 5.32 Å². The Hall–Kier alpha value is -4.03. The highest BCUT2D eigenvalue weighted by Gasteiger charge is 2.26. The Morgan fingerprint density at radius 2 is 1.65 bits per heavy atom. The second-order valence-electron chi connectivity index (χ2n) is 7.81. The number of carbonyl (C=O) groups excluding carboxylic acids is 1. The molecule has 37 heavy (non-hydrogen) atoms. The second kappa shape index (κ2) is 10.5. The lowest BCUT2D eigenvalue weighted by Crippen LogP contribution is -2.18. The number of nitrogens with zero attached hydrogens (tertiary/aromatic N) is 1. The fourth-order valence-corrected chi connectivity index (χ4v) is 6.10. The molecule has 0 unspecified atom stereocenters. The van der Waals surface area contributed by atoms with Gasteiger partial charge in [-0.05, 0) is 48.0 Å². The lowest BCUT2D eigenvalue weighted by atomic mass is 10.1. The number of nitro benzene ring substituents is 1. The number of nitrogens with one attached hydrogen (secondary N) is 1. The Morgan fingerprint density at radius 1 is 0.973 bits per heavy atom. The molecule has 12 heteroatoms. The van der Waals surface area contributed by atoms with Gasteiger partial charge in [0.25, 0.3) is 5.91 Å². The summed E-state index contributed by atoms with van der Waals surface area (Å²) in [5.74, 6) is 0.0628. The van der Waals surface area contributed by atoms with E-state index in [1.165, 1.54) is 51.7 Å². The van der Waals surface area contributed by atoms with Crippen LogP contribution in [0.5, 0.6) is 17.2 Å². The maximum Gasteiger partial charge on any atom is 0.311 e. The Labute approximate surface area is 217 Å². The van der Waals surface area contributed by atoms with Crippen LogP contribution in [0.2, 0.25) is 0 Å². The Kier molecular flexibility index (Phi) is 7.41. The number of benzene rings is 3. The van der Waals surface area contributed by atoms with Crippen molar-refractivity contribution < 1.29 is 32.3 Å². The molecule has 0 spiro atoms. The number of fused-ring (bicyclic) bond motifs is 1. The molecule has 0 fully saturated rings. The van der Waals surface area contributed by atoms with E-state index in [9.17, 15) is 23.3 Å². The number of carbonyl (C=O) groups is 1. The predicted octanol–water partition coefficient (Wildman–Crippen LogP) is 4.68. The summed E-state index contributed by atoms with van der Waals surface area (Å²) < 4.78 is 42.1. The highest BCUT2D eigenvalue weighted by Crippen LogP contribution is 2.41. The van der Waals surface area contributed by atoms with Gasteiger partial charge in [0.15, 0.2) is 15.6 Å². The van der Waals surface area contributed by atoms with Crippen molar-refractivity contribution in [2.75, 3.05) is 26.6 Å². The zero-order chi connectivity index (χ0) is 26.7. The third-order valence-electron chi connectivity index (χ3n) is 5.56. The molecule has 192 valence electrons. The van der Waals surface area contributed by atoms with Gasteiger partial charge in [-0.3, -0.25) is 14.9 Å². The minimum Gasteiger partial charge on any atom is -0.496 e. The number of rotatable bonds is 8. The Balaban J connectivity index is 1.63. The largest absolute Gasteiger partial charge is 0.496 e. The van der Waals surface area contributed by atoms with Crippen molar-refractivity contribution in [1.82, 2.24) is 0 Å². The van der Waals surface area contributed by atoms with Gasteiger partial charge in [0.05, 0.1) is 53.1 Å². The van der Waals surface area contributed by atoms with Gasteiger partial charge in [0.2, 0.25) is 0 Å². The van der Waals surface area contributed by atoms with Crippen LogP contribution < -0.4 is 19.5 Å². The molecule has 3 aromatic rings. The van der Waals surface area contributed by atoms with E-state index in [-0.39, 0.29) is 22.1 Å². The van der Waals surface area contributed by atoms with Gasteiger partial charge in [-0.1, -0.05) is 23.9 Å². The summed E-state index contributed by atoms with van der Waals surface area (Å²) in [5.41, 5.74) is 0.960. The first-order chi connectivity index (χ1) is 17.7. The number of hydrogen-bond donors (Lipinski definition) is 1. The lowest BCUT2D eigenvalue weighted by Gasteiger charge is -2.20. The van der Waals surface area contributed by atoms with Crippen LogP contribution in [0.15, 0.2) is 69.3 Å². The van der Waals surface area contributed by atoms with Crippen molar-refractivity contribution in [2.24, 2.45) is 0 Å². The molecule has 0 saturated heterocycles. The summed E-state index contributed by atoms with van der Waals surface area (Å²) in [7, 11) is 0.415. The fourth-order valence-electron chi connectivity index (χ4n) is 3.77. The van der Waals surface area contributed by atoms with Crippen molar-refractivity contribution in [3.63, 3.8) is 0 Å². The van der Waals surface area contributed by atoms with Gasteiger partial charge >= 0.3 is 5.69 Å². The smallest absolute Gasteiger partial charge is 0.311 e. The molecule has 1 heterocycles. The maximum atomic E-state index is 13.2. The van der Waals surface area contributed by atoms with Gasteiger partial charge in [-0.25, -0.2) is 8.42 Å². The molecular weight excluding hydrogens is 520 g/mol. The highest BCUT2D eigenvalue weighted by molar-refractivity contribution is 8.04. The third-order valence-corrected chi connectivity index (χ3v) is 8.30. The zero-order valence-corrected chi connectivity index (χ0v) is 21.6. The summed E-state index contributed by atoms with van der Waals surface area (Å²) in [6, 6.07) is 13.9. The first kappa shape index (κ1) is 26.0.